The Kier molecular flexibility index (Phi) is 6.57. The van der Waals surface area contributed by atoms with Crippen LogP contribution in [0.2, 0.25) is 0 Å². The lowest BCUT2D eigenvalue weighted by molar-refractivity contribution is 0.373. The first-order chi connectivity index (χ1) is 12.8. The van der Waals surface area contributed by atoms with E-state index < -0.39 is 9.84 Å². The molecule has 0 radical (unpaired) electrons. The number of phenolic OH excluding ortho intramolecular Hbond substituents is 1. The van der Waals surface area contributed by atoms with Gasteiger partial charge in [-0.25, -0.2) is 8.42 Å². The van der Waals surface area contributed by atoms with Gasteiger partial charge in [0.05, 0.1) is 39.8 Å². The Hall–Kier alpha value is -2.87. The third-order valence-electron chi connectivity index (χ3n) is 3.81. The third kappa shape index (κ3) is 5.07. The standard InChI is InChI=1S/C19H22O7S/c1-23-14-10-17(24-2)15(18(11-14)25-3)7-8-27(21,22)12-13-5-6-16(20)19(9-13)26-4/h5-11,20H,12H2,1-4H3. The van der Waals surface area contributed by atoms with Crippen molar-refractivity contribution in [2.75, 3.05) is 28.4 Å². The lowest BCUT2D eigenvalue weighted by Crippen LogP contribution is -2.01. The molecule has 146 valence electrons. The fraction of sp³-hybridized carbons (Fsp3) is 0.263. The van der Waals surface area contributed by atoms with E-state index in [4.69, 9.17) is 18.9 Å². The zero-order valence-corrected chi connectivity index (χ0v) is 16.4. The quantitative estimate of drug-likeness (QED) is 0.736. The Balaban J connectivity index is 2.33. The number of sulfone groups is 1. The van der Waals surface area contributed by atoms with Gasteiger partial charge in [-0.05, 0) is 23.8 Å². The molecular formula is C19H22O7S. The predicted molar refractivity (Wildman–Crippen MR) is 102 cm³/mol. The monoisotopic (exact) mass is 394 g/mol. The van der Waals surface area contributed by atoms with Crippen molar-refractivity contribution in [2.45, 2.75) is 5.75 Å². The van der Waals surface area contributed by atoms with E-state index in [0.29, 0.717) is 28.4 Å². The van der Waals surface area contributed by atoms with Gasteiger partial charge in [0.15, 0.2) is 21.3 Å². The molecule has 0 saturated heterocycles. The van der Waals surface area contributed by atoms with Crippen molar-refractivity contribution in [1.29, 1.82) is 0 Å². The van der Waals surface area contributed by atoms with E-state index in [1.54, 1.807) is 12.1 Å². The second-order valence-corrected chi connectivity index (χ2v) is 7.45. The highest BCUT2D eigenvalue weighted by atomic mass is 32.2. The van der Waals surface area contributed by atoms with Crippen LogP contribution in [0.15, 0.2) is 35.7 Å². The Morgan fingerprint density at radius 2 is 1.48 bits per heavy atom. The van der Waals surface area contributed by atoms with Crippen LogP contribution in [0.4, 0.5) is 0 Å². The highest BCUT2D eigenvalue weighted by molar-refractivity contribution is 7.93. The van der Waals surface area contributed by atoms with E-state index in [2.05, 4.69) is 0 Å². The van der Waals surface area contributed by atoms with E-state index in [0.717, 1.165) is 5.41 Å². The van der Waals surface area contributed by atoms with Gasteiger partial charge < -0.3 is 24.1 Å². The van der Waals surface area contributed by atoms with Crippen molar-refractivity contribution in [3.63, 3.8) is 0 Å². The number of benzene rings is 2. The lowest BCUT2D eigenvalue weighted by Gasteiger charge is -2.12. The highest BCUT2D eigenvalue weighted by Crippen LogP contribution is 2.35. The van der Waals surface area contributed by atoms with Gasteiger partial charge in [-0.15, -0.1) is 0 Å². The normalized spacial score (nSPS) is 11.4. The topological polar surface area (TPSA) is 91.3 Å². The number of phenols is 1. The van der Waals surface area contributed by atoms with Crippen LogP contribution in [-0.4, -0.2) is 42.0 Å². The molecule has 8 heteroatoms. The molecule has 0 heterocycles. The molecule has 0 bridgehead atoms. The van der Waals surface area contributed by atoms with Crippen LogP contribution < -0.4 is 18.9 Å². The molecule has 0 aromatic heterocycles. The van der Waals surface area contributed by atoms with E-state index in [-0.39, 0.29) is 17.3 Å². The summed E-state index contributed by atoms with van der Waals surface area (Å²) in [5.41, 5.74) is 0.968. The fourth-order valence-electron chi connectivity index (χ4n) is 2.46. The molecule has 0 unspecified atom stereocenters. The van der Waals surface area contributed by atoms with E-state index in [9.17, 15) is 13.5 Å². The number of aromatic hydroxyl groups is 1. The van der Waals surface area contributed by atoms with Gasteiger partial charge in [0, 0.05) is 17.5 Å². The maximum absolute atomic E-state index is 12.5. The van der Waals surface area contributed by atoms with E-state index in [1.165, 1.54) is 52.7 Å². The minimum absolute atomic E-state index is 0.0538. The third-order valence-corrected chi connectivity index (χ3v) is 5.09. The molecule has 2 aromatic carbocycles. The summed E-state index contributed by atoms with van der Waals surface area (Å²) in [7, 11) is 2.27. The largest absolute Gasteiger partial charge is 0.504 e. The van der Waals surface area contributed by atoms with Crippen LogP contribution in [0.25, 0.3) is 6.08 Å². The summed E-state index contributed by atoms with van der Waals surface area (Å²) in [6.07, 6.45) is 1.42. The summed E-state index contributed by atoms with van der Waals surface area (Å²) >= 11 is 0. The molecule has 2 aromatic rings. The van der Waals surface area contributed by atoms with Crippen LogP contribution in [0, 0.1) is 0 Å². The van der Waals surface area contributed by atoms with Crippen molar-refractivity contribution in [3.8, 4) is 28.7 Å². The van der Waals surface area contributed by atoms with Crippen molar-refractivity contribution >= 4 is 15.9 Å². The van der Waals surface area contributed by atoms with Crippen LogP contribution in [-0.2, 0) is 15.6 Å². The van der Waals surface area contributed by atoms with Crippen LogP contribution in [0.1, 0.15) is 11.1 Å². The van der Waals surface area contributed by atoms with Gasteiger partial charge in [-0.3, -0.25) is 0 Å². The number of rotatable bonds is 8. The smallest absolute Gasteiger partial charge is 0.175 e. The molecule has 0 aliphatic heterocycles. The van der Waals surface area contributed by atoms with Crippen molar-refractivity contribution < 1.29 is 32.5 Å². The van der Waals surface area contributed by atoms with Crippen molar-refractivity contribution in [3.05, 3.63) is 46.9 Å². The maximum atomic E-state index is 12.5. The predicted octanol–water partition coefficient (Wildman–Crippen LogP) is 3.01. The average molecular weight is 394 g/mol. The molecule has 0 amide bonds. The molecule has 0 atom stereocenters. The van der Waals surface area contributed by atoms with Gasteiger partial charge in [0.25, 0.3) is 0 Å². The minimum atomic E-state index is -3.60. The number of hydrogen-bond donors (Lipinski definition) is 1. The van der Waals surface area contributed by atoms with Crippen LogP contribution in [0.5, 0.6) is 28.7 Å². The minimum Gasteiger partial charge on any atom is -0.504 e. The Bertz CT molecular complexity index is 908. The van der Waals surface area contributed by atoms with Gasteiger partial charge in [-0.2, -0.15) is 0 Å². The first kappa shape index (κ1) is 20.4. The molecule has 0 aliphatic rings. The summed E-state index contributed by atoms with van der Waals surface area (Å²) in [5, 5.41) is 10.7. The molecule has 1 N–H and O–H groups in total. The number of methoxy groups -OCH3 is 4. The molecule has 0 spiro atoms. The molecular weight excluding hydrogens is 372 g/mol. The van der Waals surface area contributed by atoms with Gasteiger partial charge in [0.1, 0.15) is 17.2 Å². The average Bonchev–Trinajstić information content (AvgIpc) is 2.66. The molecule has 0 aliphatic carbocycles. The van der Waals surface area contributed by atoms with E-state index >= 15 is 0 Å². The highest BCUT2D eigenvalue weighted by Gasteiger charge is 2.14. The molecule has 2 rings (SSSR count). The van der Waals surface area contributed by atoms with Crippen LogP contribution >= 0.6 is 0 Å². The molecule has 7 nitrogen and oxygen atoms in total. The van der Waals surface area contributed by atoms with Gasteiger partial charge in [0.2, 0.25) is 0 Å². The summed E-state index contributed by atoms with van der Waals surface area (Å²) < 4.78 is 45.8. The summed E-state index contributed by atoms with van der Waals surface area (Å²) in [6.45, 7) is 0. The van der Waals surface area contributed by atoms with Gasteiger partial charge >= 0.3 is 0 Å². The second kappa shape index (κ2) is 8.68. The second-order valence-electron chi connectivity index (χ2n) is 5.56. The first-order valence-electron chi connectivity index (χ1n) is 7.90. The first-order valence-corrected chi connectivity index (χ1v) is 9.61. The van der Waals surface area contributed by atoms with Gasteiger partial charge in [-0.1, -0.05) is 6.07 Å². The Morgan fingerprint density at radius 1 is 0.889 bits per heavy atom. The Labute approximate surface area is 158 Å². The molecule has 0 fully saturated rings. The number of ether oxygens (including phenoxy) is 4. The summed E-state index contributed by atoms with van der Waals surface area (Å²) in [4.78, 5) is 0. The van der Waals surface area contributed by atoms with Crippen LogP contribution in [0.3, 0.4) is 0 Å². The summed E-state index contributed by atoms with van der Waals surface area (Å²) in [5.74, 6) is 1.28. The van der Waals surface area contributed by atoms with Crippen molar-refractivity contribution in [2.24, 2.45) is 0 Å². The number of hydrogen-bond acceptors (Lipinski definition) is 7. The maximum Gasteiger partial charge on any atom is 0.175 e. The zero-order chi connectivity index (χ0) is 20.0. The van der Waals surface area contributed by atoms with E-state index in [1.807, 2.05) is 0 Å². The molecule has 0 saturated carbocycles. The molecule has 27 heavy (non-hydrogen) atoms. The summed E-state index contributed by atoms with van der Waals surface area (Å²) in [6, 6.07) is 7.68. The zero-order valence-electron chi connectivity index (χ0n) is 15.6. The SMILES string of the molecule is COc1cc(OC)c(C=CS(=O)(=O)Cc2ccc(O)c(OC)c2)c(OC)c1. The lowest BCUT2D eigenvalue weighted by atomic mass is 10.1. The van der Waals surface area contributed by atoms with Crippen molar-refractivity contribution in [1.82, 2.24) is 0 Å². The Morgan fingerprint density at radius 3 is 2.00 bits per heavy atom. The fourth-order valence-corrected chi connectivity index (χ4v) is 3.54.